The Labute approximate surface area is 118 Å². The standard InChI is InChI=1S/C15H32N2O2/c1-4-8-16-14(13-18-3)11-17-9-6-7-15(12-17)19-10-5-2/h14-16H,4-13H2,1-3H3. The van der Waals surface area contributed by atoms with E-state index in [0.717, 1.165) is 39.3 Å². The van der Waals surface area contributed by atoms with Crippen LogP contribution in [0, 0.1) is 0 Å². The minimum atomic E-state index is 0.433. The molecule has 1 rings (SSSR count). The Morgan fingerprint density at radius 2 is 2.16 bits per heavy atom. The third kappa shape index (κ3) is 7.25. The number of nitrogens with one attached hydrogen (secondary N) is 1. The van der Waals surface area contributed by atoms with Crippen molar-refractivity contribution in [3.05, 3.63) is 0 Å². The zero-order valence-electron chi connectivity index (χ0n) is 13.0. The maximum absolute atomic E-state index is 5.89. The number of hydrogen-bond donors (Lipinski definition) is 1. The summed E-state index contributed by atoms with van der Waals surface area (Å²) in [6, 6.07) is 0.440. The highest BCUT2D eigenvalue weighted by atomic mass is 16.5. The van der Waals surface area contributed by atoms with Gasteiger partial charge in [-0.05, 0) is 38.8 Å². The van der Waals surface area contributed by atoms with Crippen molar-refractivity contribution in [3.63, 3.8) is 0 Å². The molecule has 1 heterocycles. The van der Waals surface area contributed by atoms with E-state index in [0.29, 0.717) is 12.1 Å². The van der Waals surface area contributed by atoms with Crippen LogP contribution in [-0.4, -0.2) is 63.5 Å². The second-order valence-electron chi connectivity index (χ2n) is 5.50. The summed E-state index contributed by atoms with van der Waals surface area (Å²) in [7, 11) is 1.78. The summed E-state index contributed by atoms with van der Waals surface area (Å²) < 4.78 is 11.2. The van der Waals surface area contributed by atoms with Crippen LogP contribution < -0.4 is 5.32 Å². The Balaban J connectivity index is 2.31. The highest BCUT2D eigenvalue weighted by molar-refractivity contribution is 4.78. The van der Waals surface area contributed by atoms with Crippen LogP contribution >= 0.6 is 0 Å². The van der Waals surface area contributed by atoms with E-state index in [1.807, 2.05) is 0 Å². The molecule has 0 aromatic carbocycles. The Bertz CT molecular complexity index is 214. The summed E-state index contributed by atoms with van der Waals surface area (Å²) in [6.07, 6.45) is 5.18. The molecular formula is C15H32N2O2. The van der Waals surface area contributed by atoms with Gasteiger partial charge in [-0.15, -0.1) is 0 Å². The predicted octanol–water partition coefficient (Wildman–Crippen LogP) is 1.89. The fourth-order valence-corrected chi connectivity index (χ4v) is 2.64. The first-order chi connectivity index (χ1) is 9.30. The van der Waals surface area contributed by atoms with E-state index in [1.54, 1.807) is 7.11 Å². The van der Waals surface area contributed by atoms with Crippen molar-refractivity contribution >= 4 is 0 Å². The number of rotatable bonds is 10. The average molecular weight is 272 g/mol. The Morgan fingerprint density at radius 1 is 1.32 bits per heavy atom. The molecular weight excluding hydrogens is 240 g/mol. The molecule has 0 aromatic rings. The van der Waals surface area contributed by atoms with Crippen LogP contribution in [0.25, 0.3) is 0 Å². The van der Waals surface area contributed by atoms with Crippen LogP contribution in [-0.2, 0) is 9.47 Å². The van der Waals surface area contributed by atoms with Crippen LogP contribution in [0.2, 0.25) is 0 Å². The minimum Gasteiger partial charge on any atom is -0.383 e. The topological polar surface area (TPSA) is 33.7 Å². The fraction of sp³-hybridized carbons (Fsp3) is 1.00. The summed E-state index contributed by atoms with van der Waals surface area (Å²) in [5.41, 5.74) is 0. The highest BCUT2D eigenvalue weighted by Crippen LogP contribution is 2.13. The lowest BCUT2D eigenvalue weighted by Gasteiger charge is -2.35. The van der Waals surface area contributed by atoms with E-state index in [4.69, 9.17) is 9.47 Å². The Kier molecular flexibility index (Phi) is 9.43. The molecule has 4 heteroatoms. The lowest BCUT2D eigenvalue weighted by atomic mass is 10.1. The maximum Gasteiger partial charge on any atom is 0.0702 e. The predicted molar refractivity (Wildman–Crippen MR) is 79.7 cm³/mol. The minimum absolute atomic E-state index is 0.433. The lowest BCUT2D eigenvalue weighted by Crippen LogP contribution is -2.48. The van der Waals surface area contributed by atoms with Gasteiger partial charge in [-0.3, -0.25) is 4.90 Å². The molecule has 1 saturated heterocycles. The molecule has 2 unspecified atom stereocenters. The molecule has 2 atom stereocenters. The van der Waals surface area contributed by atoms with Crippen LogP contribution in [0.1, 0.15) is 39.5 Å². The molecule has 0 saturated carbocycles. The second kappa shape index (κ2) is 10.6. The summed E-state index contributed by atoms with van der Waals surface area (Å²) in [4.78, 5) is 2.52. The van der Waals surface area contributed by atoms with Crippen molar-refractivity contribution in [2.45, 2.75) is 51.7 Å². The molecule has 114 valence electrons. The van der Waals surface area contributed by atoms with Crippen molar-refractivity contribution in [2.75, 3.05) is 46.5 Å². The van der Waals surface area contributed by atoms with Gasteiger partial charge < -0.3 is 14.8 Å². The normalized spacial score (nSPS) is 22.6. The molecule has 0 spiro atoms. The number of nitrogens with zero attached hydrogens (tertiary/aromatic N) is 1. The van der Waals surface area contributed by atoms with E-state index in [1.165, 1.54) is 25.8 Å². The fourth-order valence-electron chi connectivity index (χ4n) is 2.64. The van der Waals surface area contributed by atoms with Crippen LogP contribution in [0.5, 0.6) is 0 Å². The molecule has 0 bridgehead atoms. The van der Waals surface area contributed by atoms with Crippen molar-refractivity contribution in [1.82, 2.24) is 10.2 Å². The number of piperidine rings is 1. The van der Waals surface area contributed by atoms with Gasteiger partial charge in [0.1, 0.15) is 0 Å². The van der Waals surface area contributed by atoms with E-state index in [9.17, 15) is 0 Å². The molecule has 1 aliphatic heterocycles. The average Bonchev–Trinajstić information content (AvgIpc) is 2.43. The van der Waals surface area contributed by atoms with Gasteiger partial charge in [0.25, 0.3) is 0 Å². The number of hydrogen-bond acceptors (Lipinski definition) is 4. The van der Waals surface area contributed by atoms with E-state index in [2.05, 4.69) is 24.1 Å². The van der Waals surface area contributed by atoms with Crippen molar-refractivity contribution in [1.29, 1.82) is 0 Å². The SMILES string of the molecule is CCCNC(COC)CN1CCCC(OCCC)C1. The molecule has 0 aliphatic carbocycles. The van der Waals surface area contributed by atoms with Crippen molar-refractivity contribution in [2.24, 2.45) is 0 Å². The number of ether oxygens (including phenoxy) is 2. The van der Waals surface area contributed by atoms with Gasteiger partial charge in [-0.2, -0.15) is 0 Å². The summed E-state index contributed by atoms with van der Waals surface area (Å²) in [5, 5.41) is 3.57. The first-order valence-electron chi connectivity index (χ1n) is 7.86. The highest BCUT2D eigenvalue weighted by Gasteiger charge is 2.22. The lowest BCUT2D eigenvalue weighted by molar-refractivity contribution is -0.00472. The van der Waals surface area contributed by atoms with Crippen molar-refractivity contribution in [3.8, 4) is 0 Å². The summed E-state index contributed by atoms with van der Waals surface area (Å²) in [6.45, 7) is 10.5. The summed E-state index contributed by atoms with van der Waals surface area (Å²) in [5.74, 6) is 0. The van der Waals surface area contributed by atoms with E-state index in [-0.39, 0.29) is 0 Å². The largest absolute Gasteiger partial charge is 0.383 e. The zero-order chi connectivity index (χ0) is 13.9. The van der Waals surface area contributed by atoms with Gasteiger partial charge in [-0.25, -0.2) is 0 Å². The first kappa shape index (κ1) is 16.9. The van der Waals surface area contributed by atoms with Gasteiger partial charge in [0.15, 0.2) is 0 Å². The monoisotopic (exact) mass is 272 g/mol. The zero-order valence-corrected chi connectivity index (χ0v) is 13.0. The molecule has 4 nitrogen and oxygen atoms in total. The van der Waals surface area contributed by atoms with Gasteiger partial charge in [-0.1, -0.05) is 13.8 Å². The third-order valence-electron chi connectivity index (χ3n) is 3.55. The van der Waals surface area contributed by atoms with Gasteiger partial charge in [0, 0.05) is 32.8 Å². The Morgan fingerprint density at radius 3 is 2.84 bits per heavy atom. The number of methoxy groups -OCH3 is 1. The number of likely N-dealkylation sites (tertiary alicyclic amines) is 1. The van der Waals surface area contributed by atoms with Gasteiger partial charge >= 0.3 is 0 Å². The van der Waals surface area contributed by atoms with Gasteiger partial charge in [0.05, 0.1) is 12.7 Å². The second-order valence-corrected chi connectivity index (χ2v) is 5.50. The van der Waals surface area contributed by atoms with E-state index >= 15 is 0 Å². The van der Waals surface area contributed by atoms with E-state index < -0.39 is 0 Å². The molecule has 0 aromatic heterocycles. The van der Waals surface area contributed by atoms with Gasteiger partial charge in [0.2, 0.25) is 0 Å². The molecule has 0 radical (unpaired) electrons. The maximum atomic E-state index is 5.89. The molecule has 19 heavy (non-hydrogen) atoms. The van der Waals surface area contributed by atoms with Crippen LogP contribution in [0.4, 0.5) is 0 Å². The molecule has 1 fully saturated rings. The quantitative estimate of drug-likeness (QED) is 0.658. The molecule has 1 aliphatic rings. The smallest absolute Gasteiger partial charge is 0.0702 e. The molecule has 1 N–H and O–H groups in total. The third-order valence-corrected chi connectivity index (χ3v) is 3.55. The first-order valence-corrected chi connectivity index (χ1v) is 7.86. The summed E-state index contributed by atoms with van der Waals surface area (Å²) >= 11 is 0. The van der Waals surface area contributed by atoms with Crippen molar-refractivity contribution < 1.29 is 9.47 Å². The molecule has 0 amide bonds. The van der Waals surface area contributed by atoms with Crippen LogP contribution in [0.15, 0.2) is 0 Å². The Hall–Kier alpha value is -0.160. The van der Waals surface area contributed by atoms with Crippen LogP contribution in [0.3, 0.4) is 0 Å².